The smallest absolute Gasteiger partial charge is 0.311 e. The monoisotopic (exact) mass is 174 g/mol. The molecular formula is C8H14O4. The molecule has 2 N–H and O–H groups in total. The number of rotatable bonds is 1. The minimum absolute atomic E-state index is 0.448. The van der Waals surface area contributed by atoms with Crippen molar-refractivity contribution in [3.05, 3.63) is 0 Å². The highest BCUT2D eigenvalue weighted by atomic mass is 16.5. The Morgan fingerprint density at radius 2 is 2.17 bits per heavy atom. The largest absolute Gasteiger partial charge is 0.469 e. The molecule has 0 unspecified atom stereocenters. The van der Waals surface area contributed by atoms with E-state index in [0.29, 0.717) is 12.8 Å². The molecule has 0 saturated heterocycles. The third kappa shape index (κ3) is 1.32. The van der Waals surface area contributed by atoms with Crippen LogP contribution in [0.2, 0.25) is 0 Å². The molecule has 70 valence electrons. The Morgan fingerprint density at radius 1 is 1.58 bits per heavy atom. The molecule has 0 heterocycles. The van der Waals surface area contributed by atoms with Crippen LogP contribution in [-0.4, -0.2) is 35.0 Å². The van der Waals surface area contributed by atoms with E-state index in [9.17, 15) is 15.0 Å². The minimum Gasteiger partial charge on any atom is -0.469 e. The number of hydrogen-bond acceptors (Lipinski definition) is 4. The van der Waals surface area contributed by atoms with Crippen molar-refractivity contribution in [1.29, 1.82) is 0 Å². The molecule has 1 saturated carbocycles. The standard InChI is InChI=1S/C8H14O4/c1-8(11)5(7(10)12-2)3-4-6(8)9/h5-6,9,11H,3-4H2,1-2H3/t5-,6+,8-/m0/s1. The van der Waals surface area contributed by atoms with E-state index in [0.717, 1.165) is 0 Å². The first-order chi connectivity index (χ1) is 5.50. The van der Waals surface area contributed by atoms with Crippen LogP contribution in [0.3, 0.4) is 0 Å². The van der Waals surface area contributed by atoms with Gasteiger partial charge in [-0.15, -0.1) is 0 Å². The lowest BCUT2D eigenvalue weighted by Gasteiger charge is -2.26. The van der Waals surface area contributed by atoms with Crippen LogP contribution in [0.5, 0.6) is 0 Å². The molecule has 1 aliphatic carbocycles. The molecule has 1 fully saturated rings. The fourth-order valence-electron chi connectivity index (χ4n) is 1.64. The van der Waals surface area contributed by atoms with E-state index >= 15 is 0 Å². The van der Waals surface area contributed by atoms with Crippen LogP contribution in [0, 0.1) is 5.92 Å². The van der Waals surface area contributed by atoms with Gasteiger partial charge >= 0.3 is 5.97 Å². The molecule has 0 amide bonds. The second kappa shape index (κ2) is 3.03. The number of aliphatic hydroxyl groups is 2. The summed E-state index contributed by atoms with van der Waals surface area (Å²) in [5, 5.41) is 19.0. The van der Waals surface area contributed by atoms with Crippen molar-refractivity contribution in [2.24, 2.45) is 5.92 Å². The number of carbonyl (C=O) groups is 1. The summed E-state index contributed by atoms with van der Waals surface area (Å²) in [5.74, 6) is -1.03. The van der Waals surface area contributed by atoms with Gasteiger partial charge in [0, 0.05) is 0 Å². The van der Waals surface area contributed by atoms with E-state index in [-0.39, 0.29) is 0 Å². The van der Waals surface area contributed by atoms with Gasteiger partial charge in [-0.1, -0.05) is 0 Å². The molecule has 4 nitrogen and oxygen atoms in total. The maximum absolute atomic E-state index is 11.1. The Hall–Kier alpha value is -0.610. The first-order valence-electron chi connectivity index (χ1n) is 3.98. The van der Waals surface area contributed by atoms with Crippen LogP contribution in [0.4, 0.5) is 0 Å². The van der Waals surface area contributed by atoms with Gasteiger partial charge in [-0.25, -0.2) is 0 Å². The quantitative estimate of drug-likeness (QED) is 0.535. The highest BCUT2D eigenvalue weighted by molar-refractivity contribution is 5.74. The predicted octanol–water partition coefficient (Wildman–Crippen LogP) is -0.319. The summed E-state index contributed by atoms with van der Waals surface area (Å²) in [7, 11) is 1.28. The average Bonchev–Trinajstić information content (AvgIpc) is 2.27. The number of carbonyl (C=O) groups excluding carboxylic acids is 1. The van der Waals surface area contributed by atoms with Crippen molar-refractivity contribution in [1.82, 2.24) is 0 Å². The molecule has 3 atom stereocenters. The van der Waals surface area contributed by atoms with Crippen LogP contribution < -0.4 is 0 Å². The minimum atomic E-state index is -1.33. The van der Waals surface area contributed by atoms with Gasteiger partial charge < -0.3 is 14.9 Å². The molecule has 0 aromatic heterocycles. The molecular weight excluding hydrogens is 160 g/mol. The Labute approximate surface area is 71.2 Å². The fraction of sp³-hybridized carbons (Fsp3) is 0.875. The zero-order chi connectivity index (χ0) is 9.35. The van der Waals surface area contributed by atoms with Gasteiger partial charge in [-0.2, -0.15) is 0 Å². The van der Waals surface area contributed by atoms with E-state index in [4.69, 9.17) is 0 Å². The van der Waals surface area contributed by atoms with Crippen molar-refractivity contribution < 1.29 is 19.7 Å². The molecule has 12 heavy (non-hydrogen) atoms. The lowest BCUT2D eigenvalue weighted by atomic mass is 9.92. The normalized spacial score (nSPS) is 41.3. The van der Waals surface area contributed by atoms with Gasteiger partial charge in [-0.3, -0.25) is 4.79 Å². The number of ether oxygens (including phenoxy) is 1. The van der Waals surface area contributed by atoms with E-state index in [2.05, 4.69) is 4.74 Å². The van der Waals surface area contributed by atoms with Crippen LogP contribution in [-0.2, 0) is 9.53 Å². The van der Waals surface area contributed by atoms with E-state index < -0.39 is 23.6 Å². The summed E-state index contributed by atoms with van der Waals surface area (Å²) >= 11 is 0. The third-order valence-corrected chi connectivity index (χ3v) is 2.59. The second-order valence-electron chi connectivity index (χ2n) is 3.39. The van der Waals surface area contributed by atoms with Crippen molar-refractivity contribution in [3.8, 4) is 0 Å². The highest BCUT2D eigenvalue weighted by Gasteiger charge is 2.48. The molecule has 0 aromatic carbocycles. The van der Waals surface area contributed by atoms with Crippen molar-refractivity contribution in [3.63, 3.8) is 0 Å². The predicted molar refractivity (Wildman–Crippen MR) is 41.4 cm³/mol. The average molecular weight is 174 g/mol. The Kier molecular flexibility index (Phi) is 2.39. The number of esters is 1. The summed E-state index contributed by atoms with van der Waals surface area (Å²) in [4.78, 5) is 11.1. The van der Waals surface area contributed by atoms with Crippen LogP contribution in [0.25, 0.3) is 0 Å². The summed E-state index contributed by atoms with van der Waals surface area (Å²) in [5.41, 5.74) is -1.33. The molecule has 0 aliphatic heterocycles. The molecule has 0 spiro atoms. The van der Waals surface area contributed by atoms with E-state index in [1.165, 1.54) is 14.0 Å². The summed E-state index contributed by atoms with van der Waals surface area (Å²) in [6, 6.07) is 0. The molecule has 1 rings (SSSR count). The molecule has 0 aromatic rings. The van der Waals surface area contributed by atoms with Crippen LogP contribution in [0.15, 0.2) is 0 Å². The van der Waals surface area contributed by atoms with E-state index in [1.54, 1.807) is 0 Å². The Bertz CT molecular complexity index is 187. The van der Waals surface area contributed by atoms with Gasteiger partial charge in [0.1, 0.15) is 5.60 Å². The first-order valence-corrected chi connectivity index (χ1v) is 3.98. The third-order valence-electron chi connectivity index (χ3n) is 2.59. The zero-order valence-electron chi connectivity index (χ0n) is 7.28. The number of aliphatic hydroxyl groups excluding tert-OH is 1. The lowest BCUT2D eigenvalue weighted by molar-refractivity contribution is -0.156. The molecule has 0 bridgehead atoms. The van der Waals surface area contributed by atoms with Crippen molar-refractivity contribution >= 4 is 5.97 Å². The summed E-state index contributed by atoms with van der Waals surface area (Å²) in [6.45, 7) is 1.46. The maximum atomic E-state index is 11.1. The van der Waals surface area contributed by atoms with Gasteiger partial charge in [0.2, 0.25) is 0 Å². The van der Waals surface area contributed by atoms with Crippen LogP contribution in [0.1, 0.15) is 19.8 Å². The zero-order valence-corrected chi connectivity index (χ0v) is 7.28. The second-order valence-corrected chi connectivity index (χ2v) is 3.39. The van der Waals surface area contributed by atoms with Crippen molar-refractivity contribution in [2.75, 3.05) is 7.11 Å². The topological polar surface area (TPSA) is 66.8 Å². The Balaban J connectivity index is 2.74. The van der Waals surface area contributed by atoms with E-state index in [1.807, 2.05) is 0 Å². The van der Waals surface area contributed by atoms with Crippen LogP contribution >= 0.6 is 0 Å². The molecule has 0 radical (unpaired) electrons. The SMILES string of the molecule is COC(=O)[C@@H]1CC[C@@H](O)[C@@]1(C)O. The van der Waals surface area contributed by atoms with Gasteiger partial charge in [-0.05, 0) is 19.8 Å². The number of hydrogen-bond donors (Lipinski definition) is 2. The first kappa shape index (κ1) is 9.48. The van der Waals surface area contributed by atoms with Crippen molar-refractivity contribution in [2.45, 2.75) is 31.5 Å². The summed E-state index contributed by atoms with van der Waals surface area (Å²) < 4.78 is 4.51. The summed E-state index contributed by atoms with van der Waals surface area (Å²) in [6.07, 6.45) is 0.120. The van der Waals surface area contributed by atoms with Gasteiger partial charge in [0.15, 0.2) is 0 Å². The number of methoxy groups -OCH3 is 1. The fourth-order valence-corrected chi connectivity index (χ4v) is 1.64. The highest BCUT2D eigenvalue weighted by Crippen LogP contribution is 2.36. The molecule has 1 aliphatic rings. The maximum Gasteiger partial charge on any atom is 0.311 e. The van der Waals surface area contributed by atoms with Gasteiger partial charge in [0.25, 0.3) is 0 Å². The molecule has 4 heteroatoms. The lowest BCUT2D eigenvalue weighted by Crippen LogP contribution is -2.43. The van der Waals surface area contributed by atoms with Gasteiger partial charge in [0.05, 0.1) is 19.1 Å². The Morgan fingerprint density at radius 3 is 2.50 bits per heavy atom.